The number of hydrogen-bond donors (Lipinski definition) is 2. The van der Waals surface area contributed by atoms with E-state index in [2.05, 4.69) is 15.4 Å². The maximum absolute atomic E-state index is 10.5. The molecule has 0 radical (unpaired) electrons. The van der Waals surface area contributed by atoms with Crippen LogP contribution in [0.2, 0.25) is 0 Å². The lowest BCUT2D eigenvalue weighted by atomic mass is 10.2. The van der Waals surface area contributed by atoms with Gasteiger partial charge in [-0.05, 0) is 0 Å². The molecule has 0 aromatic carbocycles. The van der Waals surface area contributed by atoms with Gasteiger partial charge in [0.05, 0.1) is 12.1 Å². The number of aromatic amines is 1. The number of carboxylic acid groups (broad SMARTS) is 1. The second-order valence-electron chi connectivity index (χ2n) is 1.87. The molecule has 0 amide bonds. The zero-order valence-electron chi connectivity index (χ0n) is 5.44. The number of H-pyrrole nitrogens is 1. The minimum Gasteiger partial charge on any atom is -0.475 e. The maximum atomic E-state index is 10.5. The van der Waals surface area contributed by atoms with Crippen LogP contribution in [0.3, 0.4) is 0 Å². The monoisotopic (exact) mass is 155 g/mol. The Kier molecular flexibility index (Phi) is 1.95. The molecule has 0 aliphatic rings. The van der Waals surface area contributed by atoms with Crippen molar-refractivity contribution in [1.82, 2.24) is 15.4 Å². The molecule has 2 N–H and O–H groups in total. The SMILES string of the molecule is O=C(O)C(=O)Cc1c[nH]nn1. The lowest BCUT2D eigenvalue weighted by Gasteiger charge is -1.87. The summed E-state index contributed by atoms with van der Waals surface area (Å²) in [5, 5.41) is 17.3. The summed E-state index contributed by atoms with van der Waals surface area (Å²) in [6.45, 7) is 0. The van der Waals surface area contributed by atoms with Crippen LogP contribution in [-0.4, -0.2) is 32.3 Å². The highest BCUT2D eigenvalue weighted by atomic mass is 16.4. The Morgan fingerprint density at radius 2 is 2.36 bits per heavy atom. The molecular weight excluding hydrogens is 150 g/mol. The van der Waals surface area contributed by atoms with Crippen molar-refractivity contribution in [2.45, 2.75) is 6.42 Å². The number of hydrogen-bond acceptors (Lipinski definition) is 4. The number of aromatic nitrogens is 3. The largest absolute Gasteiger partial charge is 0.475 e. The Morgan fingerprint density at radius 3 is 2.82 bits per heavy atom. The van der Waals surface area contributed by atoms with Crippen molar-refractivity contribution in [3.05, 3.63) is 11.9 Å². The van der Waals surface area contributed by atoms with Crippen LogP contribution < -0.4 is 0 Å². The van der Waals surface area contributed by atoms with Gasteiger partial charge in [-0.3, -0.25) is 9.89 Å². The summed E-state index contributed by atoms with van der Waals surface area (Å²) >= 11 is 0. The highest BCUT2D eigenvalue weighted by Gasteiger charge is 2.12. The third-order valence-corrected chi connectivity index (χ3v) is 1.05. The van der Waals surface area contributed by atoms with E-state index in [1.165, 1.54) is 6.20 Å². The number of nitrogens with one attached hydrogen (secondary N) is 1. The summed E-state index contributed by atoms with van der Waals surface area (Å²) < 4.78 is 0. The van der Waals surface area contributed by atoms with Crippen molar-refractivity contribution in [2.24, 2.45) is 0 Å². The fourth-order valence-corrected chi connectivity index (χ4v) is 0.552. The molecule has 1 rings (SSSR count). The lowest BCUT2D eigenvalue weighted by molar-refractivity contribution is -0.148. The number of Topliss-reactive ketones (excluding diaryl/α,β-unsaturated/α-hetero) is 1. The number of ketones is 1. The van der Waals surface area contributed by atoms with E-state index in [1.54, 1.807) is 0 Å². The summed E-state index contributed by atoms with van der Waals surface area (Å²) in [5.74, 6) is -2.34. The molecule has 0 aliphatic carbocycles. The smallest absolute Gasteiger partial charge is 0.372 e. The van der Waals surface area contributed by atoms with E-state index in [-0.39, 0.29) is 6.42 Å². The van der Waals surface area contributed by atoms with Crippen molar-refractivity contribution in [1.29, 1.82) is 0 Å². The van der Waals surface area contributed by atoms with Crippen LogP contribution in [0.25, 0.3) is 0 Å². The van der Waals surface area contributed by atoms with E-state index < -0.39 is 11.8 Å². The first-order valence-electron chi connectivity index (χ1n) is 2.81. The third kappa shape index (κ3) is 1.85. The van der Waals surface area contributed by atoms with Crippen LogP contribution in [-0.2, 0) is 16.0 Å². The standard InChI is InChI=1S/C5H5N3O3/c9-4(5(10)11)1-3-2-6-8-7-3/h2H,1H2,(H,10,11)(H,6,7,8). The molecule has 0 spiro atoms. The van der Waals surface area contributed by atoms with Crippen LogP contribution in [0.4, 0.5) is 0 Å². The van der Waals surface area contributed by atoms with Crippen molar-refractivity contribution >= 4 is 11.8 Å². The Labute approximate surface area is 61.2 Å². The average Bonchev–Trinajstić information content (AvgIpc) is 2.39. The average molecular weight is 155 g/mol. The van der Waals surface area contributed by atoms with E-state index >= 15 is 0 Å². The molecule has 0 fully saturated rings. The van der Waals surface area contributed by atoms with Gasteiger partial charge in [-0.1, -0.05) is 5.21 Å². The number of rotatable bonds is 3. The fraction of sp³-hybridized carbons (Fsp3) is 0.200. The molecule has 1 aromatic heterocycles. The molecule has 1 aromatic rings. The van der Waals surface area contributed by atoms with Gasteiger partial charge in [0.2, 0.25) is 5.78 Å². The van der Waals surface area contributed by atoms with Crippen LogP contribution in [0, 0.1) is 0 Å². The first-order valence-corrected chi connectivity index (χ1v) is 2.81. The number of carboxylic acids is 1. The van der Waals surface area contributed by atoms with Crippen LogP contribution in [0.5, 0.6) is 0 Å². The Hall–Kier alpha value is -1.72. The molecule has 6 heteroatoms. The summed E-state index contributed by atoms with van der Waals surface area (Å²) in [6.07, 6.45) is 1.16. The highest BCUT2D eigenvalue weighted by Crippen LogP contribution is 1.91. The minimum atomic E-state index is -1.45. The van der Waals surface area contributed by atoms with Crippen LogP contribution >= 0.6 is 0 Å². The van der Waals surface area contributed by atoms with Gasteiger partial charge in [-0.15, -0.1) is 5.10 Å². The van der Waals surface area contributed by atoms with Gasteiger partial charge < -0.3 is 5.11 Å². The zero-order valence-corrected chi connectivity index (χ0v) is 5.44. The number of carbonyl (C=O) groups excluding carboxylic acids is 1. The first kappa shape index (κ1) is 7.39. The predicted molar refractivity (Wildman–Crippen MR) is 32.7 cm³/mol. The fourth-order valence-electron chi connectivity index (χ4n) is 0.552. The number of aliphatic carboxylic acids is 1. The van der Waals surface area contributed by atoms with Gasteiger partial charge in [0.25, 0.3) is 0 Å². The van der Waals surface area contributed by atoms with Gasteiger partial charge in [0.1, 0.15) is 0 Å². The third-order valence-electron chi connectivity index (χ3n) is 1.05. The molecule has 58 valence electrons. The molecule has 6 nitrogen and oxygen atoms in total. The van der Waals surface area contributed by atoms with Gasteiger partial charge >= 0.3 is 5.97 Å². The Balaban J connectivity index is 2.57. The summed E-state index contributed by atoms with van der Waals surface area (Å²) in [4.78, 5) is 20.5. The molecule has 11 heavy (non-hydrogen) atoms. The summed E-state index contributed by atoms with van der Waals surface area (Å²) in [5.41, 5.74) is 0.331. The van der Waals surface area contributed by atoms with E-state index in [1.807, 2.05) is 0 Å². The zero-order chi connectivity index (χ0) is 8.27. The first-order chi connectivity index (χ1) is 5.20. The van der Waals surface area contributed by atoms with Gasteiger partial charge in [-0.25, -0.2) is 4.79 Å². The topological polar surface area (TPSA) is 95.9 Å². The molecule has 0 saturated carbocycles. The second-order valence-corrected chi connectivity index (χ2v) is 1.87. The molecule has 0 atom stereocenters. The highest BCUT2D eigenvalue weighted by molar-refractivity contribution is 6.33. The van der Waals surface area contributed by atoms with E-state index in [4.69, 9.17) is 5.11 Å². The van der Waals surface area contributed by atoms with E-state index in [0.29, 0.717) is 5.69 Å². The second kappa shape index (κ2) is 2.91. The quantitative estimate of drug-likeness (QED) is 0.546. The van der Waals surface area contributed by atoms with Gasteiger partial charge in [0, 0.05) is 6.20 Å². The lowest BCUT2D eigenvalue weighted by Crippen LogP contribution is -2.15. The van der Waals surface area contributed by atoms with Crippen LogP contribution in [0.15, 0.2) is 6.20 Å². The molecule has 0 bridgehead atoms. The van der Waals surface area contributed by atoms with Crippen molar-refractivity contribution in [3.63, 3.8) is 0 Å². The number of carbonyl (C=O) groups is 2. The Bertz CT molecular complexity index is 267. The molecule has 0 aliphatic heterocycles. The van der Waals surface area contributed by atoms with Gasteiger partial charge in [0.15, 0.2) is 0 Å². The van der Waals surface area contributed by atoms with Crippen LogP contribution in [0.1, 0.15) is 5.69 Å². The minimum absolute atomic E-state index is 0.216. The Morgan fingerprint density at radius 1 is 1.64 bits per heavy atom. The van der Waals surface area contributed by atoms with E-state index in [0.717, 1.165) is 0 Å². The maximum Gasteiger partial charge on any atom is 0.372 e. The predicted octanol–water partition coefficient (Wildman–Crippen LogP) is -0.999. The summed E-state index contributed by atoms with van der Waals surface area (Å²) in [7, 11) is 0. The van der Waals surface area contributed by atoms with Crippen molar-refractivity contribution < 1.29 is 14.7 Å². The summed E-state index contributed by atoms with van der Waals surface area (Å²) in [6, 6.07) is 0. The van der Waals surface area contributed by atoms with Crippen molar-refractivity contribution in [2.75, 3.05) is 0 Å². The molecule has 1 heterocycles. The van der Waals surface area contributed by atoms with Gasteiger partial charge in [-0.2, -0.15) is 0 Å². The normalized spacial score (nSPS) is 9.45. The molecule has 0 saturated heterocycles. The van der Waals surface area contributed by atoms with E-state index in [9.17, 15) is 9.59 Å². The molecule has 0 unspecified atom stereocenters. The van der Waals surface area contributed by atoms with Crippen molar-refractivity contribution in [3.8, 4) is 0 Å². The molecular formula is C5H5N3O3. The number of nitrogens with zero attached hydrogens (tertiary/aromatic N) is 2.